The van der Waals surface area contributed by atoms with Gasteiger partial charge in [0.25, 0.3) is 5.56 Å². The standard InChI is InChI=1S/C21H27N3O4/c1-2-3-10-24(12-16(25)14-27-15-17-7-6-11-28-17)13-20-22-19-9-5-4-8-18(19)21(26)23-20/h4-9,11,16,25H,2-3,10,12-15H2,1H3,(H,22,23,26). The van der Waals surface area contributed by atoms with Gasteiger partial charge in [0.1, 0.15) is 18.2 Å². The smallest absolute Gasteiger partial charge is 0.258 e. The molecule has 0 saturated heterocycles. The molecule has 2 N–H and O–H groups in total. The predicted molar refractivity (Wildman–Crippen MR) is 107 cm³/mol. The number of para-hydroxylation sites is 1. The maximum atomic E-state index is 12.3. The molecule has 2 heterocycles. The van der Waals surface area contributed by atoms with Gasteiger partial charge in [-0.15, -0.1) is 0 Å². The largest absolute Gasteiger partial charge is 0.467 e. The number of aromatic amines is 1. The average Bonchev–Trinajstić information content (AvgIpc) is 3.19. The molecule has 2 aromatic heterocycles. The number of aliphatic hydroxyl groups excluding tert-OH is 1. The zero-order valence-corrected chi connectivity index (χ0v) is 16.1. The van der Waals surface area contributed by atoms with Crippen molar-refractivity contribution in [2.45, 2.75) is 39.0 Å². The molecular formula is C21H27N3O4. The van der Waals surface area contributed by atoms with Crippen LogP contribution in [0.3, 0.4) is 0 Å². The summed E-state index contributed by atoms with van der Waals surface area (Å²) in [7, 11) is 0. The summed E-state index contributed by atoms with van der Waals surface area (Å²) in [5, 5.41) is 10.9. The molecule has 1 aromatic carbocycles. The molecule has 0 fully saturated rings. The quantitative estimate of drug-likeness (QED) is 0.527. The van der Waals surface area contributed by atoms with Gasteiger partial charge in [-0.25, -0.2) is 4.98 Å². The van der Waals surface area contributed by atoms with Crippen LogP contribution in [-0.4, -0.2) is 45.8 Å². The van der Waals surface area contributed by atoms with E-state index in [2.05, 4.69) is 21.8 Å². The van der Waals surface area contributed by atoms with Crippen LogP contribution < -0.4 is 5.56 Å². The van der Waals surface area contributed by atoms with Crippen molar-refractivity contribution in [1.82, 2.24) is 14.9 Å². The zero-order chi connectivity index (χ0) is 19.8. The zero-order valence-electron chi connectivity index (χ0n) is 16.1. The third-order valence-corrected chi connectivity index (χ3v) is 4.47. The van der Waals surface area contributed by atoms with Crippen LogP contribution in [0.2, 0.25) is 0 Å². The average molecular weight is 385 g/mol. The maximum Gasteiger partial charge on any atom is 0.258 e. The van der Waals surface area contributed by atoms with E-state index in [1.165, 1.54) is 0 Å². The molecule has 0 spiro atoms. The van der Waals surface area contributed by atoms with Crippen molar-refractivity contribution in [2.75, 3.05) is 19.7 Å². The number of benzene rings is 1. The van der Waals surface area contributed by atoms with Crippen molar-refractivity contribution in [3.05, 3.63) is 64.6 Å². The second-order valence-electron chi connectivity index (χ2n) is 6.87. The van der Waals surface area contributed by atoms with Gasteiger partial charge in [-0.2, -0.15) is 0 Å². The van der Waals surface area contributed by atoms with E-state index < -0.39 is 6.10 Å². The second-order valence-corrected chi connectivity index (χ2v) is 6.87. The van der Waals surface area contributed by atoms with Gasteiger partial charge < -0.3 is 19.2 Å². The fourth-order valence-electron chi connectivity index (χ4n) is 3.08. The van der Waals surface area contributed by atoms with Gasteiger partial charge in [-0.05, 0) is 37.2 Å². The fraction of sp³-hybridized carbons (Fsp3) is 0.429. The van der Waals surface area contributed by atoms with Crippen LogP contribution >= 0.6 is 0 Å². The third kappa shape index (κ3) is 5.76. The molecule has 150 valence electrons. The molecule has 7 nitrogen and oxygen atoms in total. The summed E-state index contributed by atoms with van der Waals surface area (Å²) < 4.78 is 10.7. The SMILES string of the molecule is CCCCN(Cc1nc2ccccc2c(=O)[nH]1)CC(O)COCc1ccco1. The molecule has 7 heteroatoms. The van der Waals surface area contributed by atoms with Crippen LogP contribution in [0.4, 0.5) is 0 Å². The van der Waals surface area contributed by atoms with Gasteiger partial charge >= 0.3 is 0 Å². The molecule has 0 aliphatic heterocycles. The summed E-state index contributed by atoms with van der Waals surface area (Å²) in [6.45, 7) is 4.38. The maximum absolute atomic E-state index is 12.3. The number of nitrogens with one attached hydrogen (secondary N) is 1. The molecule has 0 aliphatic carbocycles. The molecule has 1 unspecified atom stereocenters. The normalized spacial score (nSPS) is 12.7. The predicted octanol–water partition coefficient (Wildman–Crippen LogP) is 2.70. The lowest BCUT2D eigenvalue weighted by molar-refractivity contribution is 0.00333. The Bertz CT molecular complexity index is 907. The Kier molecular flexibility index (Phi) is 7.36. The summed E-state index contributed by atoms with van der Waals surface area (Å²) in [4.78, 5) is 21.8. The van der Waals surface area contributed by atoms with E-state index in [1.807, 2.05) is 24.3 Å². The number of aromatic nitrogens is 2. The van der Waals surface area contributed by atoms with Crippen molar-refractivity contribution in [1.29, 1.82) is 0 Å². The molecule has 3 aromatic rings. The van der Waals surface area contributed by atoms with Crippen LogP contribution in [0, 0.1) is 0 Å². The lowest BCUT2D eigenvalue weighted by Gasteiger charge is -2.24. The molecule has 3 rings (SSSR count). The molecule has 0 amide bonds. The number of ether oxygens (including phenoxy) is 1. The van der Waals surface area contributed by atoms with Crippen molar-refractivity contribution >= 4 is 10.9 Å². The summed E-state index contributed by atoms with van der Waals surface area (Å²) in [5.41, 5.74) is 0.539. The van der Waals surface area contributed by atoms with Crippen molar-refractivity contribution in [3.8, 4) is 0 Å². The van der Waals surface area contributed by atoms with Crippen LogP contribution in [0.5, 0.6) is 0 Å². The highest BCUT2D eigenvalue weighted by Crippen LogP contribution is 2.09. The number of fused-ring (bicyclic) bond motifs is 1. The number of unbranched alkanes of at least 4 members (excludes halogenated alkanes) is 1. The minimum atomic E-state index is -0.640. The van der Waals surface area contributed by atoms with E-state index >= 15 is 0 Å². The topological polar surface area (TPSA) is 91.6 Å². The third-order valence-electron chi connectivity index (χ3n) is 4.47. The van der Waals surface area contributed by atoms with E-state index in [0.717, 1.165) is 25.1 Å². The first kappa shape index (κ1) is 20.3. The lowest BCUT2D eigenvalue weighted by Crippen LogP contribution is -2.36. The van der Waals surface area contributed by atoms with E-state index in [4.69, 9.17) is 9.15 Å². The lowest BCUT2D eigenvalue weighted by atomic mass is 10.2. The van der Waals surface area contributed by atoms with E-state index in [1.54, 1.807) is 18.4 Å². The first-order chi connectivity index (χ1) is 13.7. The van der Waals surface area contributed by atoms with Gasteiger partial charge in [-0.1, -0.05) is 25.5 Å². The van der Waals surface area contributed by atoms with Crippen molar-refractivity contribution < 1.29 is 14.3 Å². The second kappa shape index (κ2) is 10.2. The number of hydrogen-bond donors (Lipinski definition) is 2. The molecule has 1 atom stereocenters. The molecule has 0 saturated carbocycles. The number of hydrogen-bond acceptors (Lipinski definition) is 6. The summed E-state index contributed by atoms with van der Waals surface area (Å²) in [6.07, 6.45) is 3.00. The summed E-state index contributed by atoms with van der Waals surface area (Å²) in [5.74, 6) is 1.33. The fourth-order valence-corrected chi connectivity index (χ4v) is 3.08. The molecule has 0 radical (unpaired) electrons. The van der Waals surface area contributed by atoms with Gasteiger partial charge in [0, 0.05) is 6.54 Å². The number of nitrogens with zero attached hydrogens (tertiary/aromatic N) is 2. The van der Waals surface area contributed by atoms with E-state index in [9.17, 15) is 9.90 Å². The Labute approximate surface area is 164 Å². The van der Waals surface area contributed by atoms with Crippen molar-refractivity contribution in [2.24, 2.45) is 0 Å². The number of H-pyrrole nitrogens is 1. The molecule has 28 heavy (non-hydrogen) atoms. The molecular weight excluding hydrogens is 358 g/mol. The van der Waals surface area contributed by atoms with Gasteiger partial charge in [-0.3, -0.25) is 9.69 Å². The Hall–Kier alpha value is -2.48. The minimum absolute atomic E-state index is 0.140. The summed E-state index contributed by atoms with van der Waals surface area (Å²) in [6, 6.07) is 10.9. The highest BCUT2D eigenvalue weighted by molar-refractivity contribution is 5.77. The van der Waals surface area contributed by atoms with Crippen LogP contribution in [0.25, 0.3) is 10.9 Å². The van der Waals surface area contributed by atoms with E-state index in [0.29, 0.717) is 36.4 Å². The monoisotopic (exact) mass is 385 g/mol. The highest BCUT2D eigenvalue weighted by Gasteiger charge is 2.14. The van der Waals surface area contributed by atoms with E-state index in [-0.39, 0.29) is 12.2 Å². The summed E-state index contributed by atoms with van der Waals surface area (Å²) >= 11 is 0. The Morgan fingerprint density at radius 1 is 1.29 bits per heavy atom. The Morgan fingerprint density at radius 2 is 2.14 bits per heavy atom. The molecule has 0 aliphatic rings. The van der Waals surface area contributed by atoms with Crippen LogP contribution in [-0.2, 0) is 17.9 Å². The number of furan rings is 1. The van der Waals surface area contributed by atoms with Gasteiger partial charge in [0.15, 0.2) is 0 Å². The number of aliphatic hydroxyl groups is 1. The Balaban J connectivity index is 1.60. The van der Waals surface area contributed by atoms with Crippen LogP contribution in [0.1, 0.15) is 31.4 Å². The minimum Gasteiger partial charge on any atom is -0.467 e. The first-order valence-electron chi connectivity index (χ1n) is 9.64. The Morgan fingerprint density at radius 3 is 2.93 bits per heavy atom. The first-order valence-corrected chi connectivity index (χ1v) is 9.64. The van der Waals surface area contributed by atoms with Gasteiger partial charge in [0.2, 0.25) is 0 Å². The van der Waals surface area contributed by atoms with Crippen LogP contribution in [0.15, 0.2) is 51.9 Å². The molecule has 0 bridgehead atoms. The van der Waals surface area contributed by atoms with Gasteiger partial charge in [0.05, 0.1) is 36.4 Å². The van der Waals surface area contributed by atoms with Crippen molar-refractivity contribution in [3.63, 3.8) is 0 Å². The number of rotatable bonds is 11. The highest BCUT2D eigenvalue weighted by atomic mass is 16.5.